The number of nitrogens with zero attached hydrogens (tertiary/aromatic N) is 3. The van der Waals surface area contributed by atoms with Crippen LogP contribution in [0.1, 0.15) is 52.9 Å². The number of benzene rings is 1. The van der Waals surface area contributed by atoms with Gasteiger partial charge in [0.2, 0.25) is 0 Å². The topological polar surface area (TPSA) is 58.1 Å². The Morgan fingerprint density at radius 1 is 1.15 bits per heavy atom. The first-order valence-electron chi connectivity index (χ1n) is 9.73. The lowest BCUT2D eigenvalue weighted by Crippen LogP contribution is -2.25. The van der Waals surface area contributed by atoms with Crippen molar-refractivity contribution in [1.29, 1.82) is 0 Å². The Hall–Kier alpha value is -2.08. The average molecular weight is 383 g/mol. The van der Waals surface area contributed by atoms with Crippen molar-refractivity contribution in [1.82, 2.24) is 15.3 Å². The highest BCUT2D eigenvalue weighted by molar-refractivity contribution is 7.98. The number of thioether (sulfide) groups is 1. The Kier molecular flexibility index (Phi) is 5.34. The summed E-state index contributed by atoms with van der Waals surface area (Å²) in [5, 5.41) is 3.85. The van der Waals surface area contributed by atoms with Gasteiger partial charge in [0.25, 0.3) is 5.91 Å². The van der Waals surface area contributed by atoms with Crippen molar-refractivity contribution in [2.45, 2.75) is 56.5 Å². The van der Waals surface area contributed by atoms with Gasteiger partial charge in [-0.3, -0.25) is 4.79 Å². The molecule has 5 nitrogen and oxygen atoms in total. The Labute approximate surface area is 165 Å². The van der Waals surface area contributed by atoms with Crippen LogP contribution in [0.25, 0.3) is 0 Å². The molecule has 0 bridgehead atoms. The quantitative estimate of drug-likeness (QED) is 0.607. The molecule has 2 fully saturated rings. The molecule has 0 unspecified atom stereocenters. The van der Waals surface area contributed by atoms with Crippen LogP contribution < -0.4 is 10.2 Å². The summed E-state index contributed by atoms with van der Waals surface area (Å²) in [6, 6.07) is 8.25. The summed E-state index contributed by atoms with van der Waals surface area (Å²) < 4.78 is 0. The lowest BCUT2D eigenvalue weighted by molar-refractivity contribution is 0.0951. The molecule has 1 N–H and O–H groups in total. The van der Waals surface area contributed by atoms with Crippen LogP contribution in [0.5, 0.6) is 0 Å². The molecule has 1 saturated heterocycles. The maximum Gasteiger partial charge on any atom is 0.251 e. The number of carbonyl (C=O) groups is 1. The number of amides is 1. The van der Waals surface area contributed by atoms with Gasteiger partial charge in [-0.1, -0.05) is 23.9 Å². The molecule has 0 spiro atoms. The van der Waals surface area contributed by atoms with E-state index in [9.17, 15) is 4.79 Å². The van der Waals surface area contributed by atoms with Crippen LogP contribution in [0.4, 0.5) is 5.82 Å². The lowest BCUT2D eigenvalue weighted by Gasteiger charge is -2.20. The molecule has 1 aliphatic carbocycles. The van der Waals surface area contributed by atoms with E-state index in [0.29, 0.717) is 6.04 Å². The maximum atomic E-state index is 12.1. The molecule has 0 atom stereocenters. The normalized spacial score (nSPS) is 16.6. The lowest BCUT2D eigenvalue weighted by atomic mass is 10.1. The highest BCUT2D eigenvalue weighted by atomic mass is 32.2. The number of hydrogen-bond donors (Lipinski definition) is 1. The van der Waals surface area contributed by atoms with Gasteiger partial charge in [-0.15, -0.1) is 0 Å². The monoisotopic (exact) mass is 382 g/mol. The molecule has 2 aromatic rings. The van der Waals surface area contributed by atoms with Crippen LogP contribution in [0.3, 0.4) is 0 Å². The smallest absolute Gasteiger partial charge is 0.251 e. The Bertz CT molecular complexity index is 827. The molecular weight excluding hydrogens is 356 g/mol. The van der Waals surface area contributed by atoms with Crippen LogP contribution in [-0.4, -0.2) is 35.0 Å². The van der Waals surface area contributed by atoms with Gasteiger partial charge in [0.05, 0.1) is 0 Å². The van der Waals surface area contributed by atoms with Gasteiger partial charge in [0.15, 0.2) is 5.16 Å². The van der Waals surface area contributed by atoms with Crippen molar-refractivity contribution in [2.24, 2.45) is 0 Å². The number of aromatic nitrogens is 2. The fourth-order valence-electron chi connectivity index (χ4n) is 3.29. The molecule has 1 aromatic carbocycles. The predicted octanol–water partition coefficient (Wildman–Crippen LogP) is 3.88. The molecule has 1 aromatic heterocycles. The number of hydrogen-bond acceptors (Lipinski definition) is 5. The molecule has 2 heterocycles. The van der Waals surface area contributed by atoms with Crippen LogP contribution in [0, 0.1) is 13.8 Å². The fourth-order valence-corrected chi connectivity index (χ4v) is 4.13. The summed E-state index contributed by atoms with van der Waals surface area (Å²) in [5.41, 5.74) is 4.15. The molecule has 4 rings (SSSR count). The zero-order valence-electron chi connectivity index (χ0n) is 16.0. The second kappa shape index (κ2) is 7.89. The highest BCUT2D eigenvalue weighted by Crippen LogP contribution is 2.28. The third kappa shape index (κ3) is 4.43. The van der Waals surface area contributed by atoms with E-state index in [1.807, 2.05) is 24.3 Å². The highest BCUT2D eigenvalue weighted by Gasteiger charge is 2.23. The van der Waals surface area contributed by atoms with E-state index in [2.05, 4.69) is 29.0 Å². The minimum absolute atomic E-state index is 0.0319. The molecule has 0 radical (unpaired) electrons. The summed E-state index contributed by atoms with van der Waals surface area (Å²) >= 11 is 1.65. The van der Waals surface area contributed by atoms with E-state index in [1.165, 1.54) is 24.0 Å². The van der Waals surface area contributed by atoms with Crippen molar-refractivity contribution >= 4 is 23.5 Å². The van der Waals surface area contributed by atoms with E-state index in [-0.39, 0.29) is 5.91 Å². The largest absolute Gasteiger partial charge is 0.356 e. The Morgan fingerprint density at radius 3 is 2.52 bits per heavy atom. The van der Waals surface area contributed by atoms with E-state index in [0.717, 1.165) is 53.9 Å². The summed E-state index contributed by atoms with van der Waals surface area (Å²) in [7, 11) is 0. The molecule has 1 amide bonds. The summed E-state index contributed by atoms with van der Waals surface area (Å²) in [5.74, 6) is 1.92. The molecule has 2 aliphatic rings. The van der Waals surface area contributed by atoms with Gasteiger partial charge < -0.3 is 10.2 Å². The molecule has 142 valence electrons. The van der Waals surface area contributed by atoms with Gasteiger partial charge in [-0.2, -0.15) is 0 Å². The zero-order chi connectivity index (χ0) is 18.8. The SMILES string of the molecule is Cc1nc(SCc2ccc(C(=O)NC3CC3)cc2)nc(N2CCCC2)c1C. The van der Waals surface area contributed by atoms with Crippen molar-refractivity contribution in [3.05, 3.63) is 46.6 Å². The van der Waals surface area contributed by atoms with Crippen LogP contribution in [-0.2, 0) is 5.75 Å². The second-order valence-corrected chi connectivity index (χ2v) is 8.41. The standard InChI is InChI=1S/C21H26N4OS/c1-14-15(2)22-21(24-19(14)25-11-3-4-12-25)27-13-16-5-7-17(8-6-16)20(26)23-18-9-10-18/h5-8,18H,3-4,9-13H2,1-2H3,(H,23,26). The predicted molar refractivity (Wildman–Crippen MR) is 109 cm³/mol. The number of nitrogens with one attached hydrogen (secondary N) is 1. The van der Waals surface area contributed by atoms with Gasteiger partial charge in [-0.25, -0.2) is 9.97 Å². The van der Waals surface area contributed by atoms with Crippen molar-refractivity contribution in [2.75, 3.05) is 18.0 Å². The van der Waals surface area contributed by atoms with Crippen molar-refractivity contribution in [3.8, 4) is 0 Å². The second-order valence-electron chi connectivity index (χ2n) is 7.47. The molecule has 27 heavy (non-hydrogen) atoms. The molecule has 6 heteroatoms. The van der Waals surface area contributed by atoms with E-state index in [1.54, 1.807) is 11.8 Å². The van der Waals surface area contributed by atoms with Crippen LogP contribution in [0.2, 0.25) is 0 Å². The third-order valence-electron chi connectivity index (χ3n) is 5.25. The van der Waals surface area contributed by atoms with Crippen LogP contribution >= 0.6 is 11.8 Å². The molecule has 1 aliphatic heterocycles. The van der Waals surface area contributed by atoms with Crippen molar-refractivity contribution in [3.63, 3.8) is 0 Å². The summed E-state index contributed by atoms with van der Waals surface area (Å²) in [6.45, 7) is 6.36. The molecule has 1 saturated carbocycles. The average Bonchev–Trinajstić information content (AvgIpc) is 3.32. The van der Waals surface area contributed by atoms with E-state index >= 15 is 0 Å². The number of aryl methyl sites for hydroxylation is 1. The van der Waals surface area contributed by atoms with Gasteiger partial charge >= 0.3 is 0 Å². The first-order valence-corrected chi connectivity index (χ1v) is 10.7. The van der Waals surface area contributed by atoms with Gasteiger partial charge in [-0.05, 0) is 57.2 Å². The fraction of sp³-hybridized carbons (Fsp3) is 0.476. The Balaban J connectivity index is 1.41. The maximum absolute atomic E-state index is 12.1. The van der Waals surface area contributed by atoms with Crippen LogP contribution in [0.15, 0.2) is 29.4 Å². The summed E-state index contributed by atoms with van der Waals surface area (Å²) in [4.78, 5) is 23.9. The first kappa shape index (κ1) is 18.3. The third-order valence-corrected chi connectivity index (χ3v) is 6.16. The van der Waals surface area contributed by atoms with Gasteiger partial charge in [0.1, 0.15) is 5.82 Å². The van der Waals surface area contributed by atoms with Crippen molar-refractivity contribution < 1.29 is 4.79 Å². The van der Waals surface area contributed by atoms with Gasteiger partial charge in [0, 0.05) is 41.7 Å². The first-order chi connectivity index (χ1) is 13.1. The number of anilines is 1. The van der Waals surface area contributed by atoms with E-state index in [4.69, 9.17) is 4.98 Å². The minimum atomic E-state index is 0.0319. The number of rotatable bonds is 6. The molecular formula is C21H26N4OS. The summed E-state index contributed by atoms with van der Waals surface area (Å²) in [6.07, 6.45) is 4.70. The Morgan fingerprint density at radius 2 is 1.85 bits per heavy atom. The minimum Gasteiger partial charge on any atom is -0.356 e. The van der Waals surface area contributed by atoms with E-state index < -0.39 is 0 Å². The number of carbonyl (C=O) groups excluding carboxylic acids is 1. The zero-order valence-corrected chi connectivity index (χ0v) is 16.8.